The Balaban J connectivity index is 2.04. The van der Waals surface area contributed by atoms with Crippen LogP contribution in [0.3, 0.4) is 0 Å². The molecule has 126 valence electrons. The summed E-state index contributed by atoms with van der Waals surface area (Å²) < 4.78 is 0. The van der Waals surface area contributed by atoms with Crippen LogP contribution in [0.25, 0.3) is 0 Å². The summed E-state index contributed by atoms with van der Waals surface area (Å²) >= 11 is 0. The highest BCUT2D eigenvalue weighted by molar-refractivity contribution is 5.97. The van der Waals surface area contributed by atoms with Crippen molar-refractivity contribution in [2.45, 2.75) is 20.8 Å². The molecule has 24 heavy (non-hydrogen) atoms. The van der Waals surface area contributed by atoms with Crippen LogP contribution in [0.5, 0.6) is 0 Å². The van der Waals surface area contributed by atoms with Crippen molar-refractivity contribution in [3.05, 3.63) is 41.1 Å². The summed E-state index contributed by atoms with van der Waals surface area (Å²) in [5.41, 5.74) is 3.13. The lowest BCUT2D eigenvalue weighted by atomic mass is 10.1. The van der Waals surface area contributed by atoms with E-state index in [9.17, 15) is 14.9 Å². The van der Waals surface area contributed by atoms with Crippen LogP contribution in [0.1, 0.15) is 18.1 Å². The molecule has 0 radical (unpaired) electrons. The first kappa shape index (κ1) is 17.5. The fourth-order valence-corrected chi connectivity index (χ4v) is 2.66. The van der Waals surface area contributed by atoms with Crippen LogP contribution in [-0.2, 0) is 9.59 Å². The van der Waals surface area contributed by atoms with Gasteiger partial charge in [0.25, 0.3) is 5.91 Å². The number of nitrogens with zero attached hydrogens (tertiary/aromatic N) is 3. The van der Waals surface area contributed by atoms with Crippen LogP contribution in [0.15, 0.2) is 30.0 Å². The standard InChI is InChI=1S/C18H22N4O2/c1-13-4-5-17(14(2)10-13)20-12-16(11-19)18(24)22-8-6-21(7-9-22)15(3)23/h4-5,10,12,20H,6-9H2,1-3H3/b16-12-. The van der Waals surface area contributed by atoms with Gasteiger partial charge in [-0.2, -0.15) is 5.26 Å². The minimum absolute atomic E-state index is 0.00895. The second-order valence-corrected chi connectivity index (χ2v) is 5.93. The van der Waals surface area contributed by atoms with Crippen molar-refractivity contribution in [3.8, 4) is 6.07 Å². The van der Waals surface area contributed by atoms with Crippen molar-refractivity contribution in [1.29, 1.82) is 5.26 Å². The van der Waals surface area contributed by atoms with Crippen LogP contribution < -0.4 is 5.32 Å². The summed E-state index contributed by atoms with van der Waals surface area (Å²) in [7, 11) is 0. The van der Waals surface area contributed by atoms with Crippen LogP contribution in [0, 0.1) is 25.2 Å². The molecule has 2 rings (SSSR count). The second-order valence-electron chi connectivity index (χ2n) is 5.93. The van der Waals surface area contributed by atoms with Gasteiger partial charge >= 0.3 is 0 Å². The molecule has 0 bridgehead atoms. The number of nitriles is 1. The molecule has 1 N–H and O–H groups in total. The number of nitrogens with one attached hydrogen (secondary N) is 1. The average molecular weight is 326 g/mol. The van der Waals surface area contributed by atoms with Gasteiger partial charge in [0.1, 0.15) is 11.6 Å². The van der Waals surface area contributed by atoms with Crippen LogP contribution >= 0.6 is 0 Å². The number of amides is 2. The van der Waals surface area contributed by atoms with Gasteiger partial charge in [-0.15, -0.1) is 0 Å². The molecule has 0 aromatic heterocycles. The van der Waals surface area contributed by atoms with E-state index in [1.165, 1.54) is 13.1 Å². The maximum absolute atomic E-state index is 12.5. The Hall–Kier alpha value is -2.81. The third-order valence-corrected chi connectivity index (χ3v) is 4.12. The van der Waals surface area contributed by atoms with Crippen LogP contribution in [-0.4, -0.2) is 47.8 Å². The number of anilines is 1. The van der Waals surface area contributed by atoms with Crippen molar-refractivity contribution in [1.82, 2.24) is 9.80 Å². The predicted octanol–water partition coefficient (Wildman–Crippen LogP) is 1.81. The number of carbonyl (C=O) groups is 2. The van der Waals surface area contributed by atoms with Crippen LogP contribution in [0.2, 0.25) is 0 Å². The molecule has 0 aliphatic carbocycles. The topological polar surface area (TPSA) is 76.4 Å². The molecule has 2 amide bonds. The van der Waals surface area contributed by atoms with Crippen LogP contribution in [0.4, 0.5) is 5.69 Å². The summed E-state index contributed by atoms with van der Waals surface area (Å²) in [4.78, 5) is 27.1. The lowest BCUT2D eigenvalue weighted by Gasteiger charge is -2.34. The van der Waals surface area contributed by atoms with E-state index in [4.69, 9.17) is 0 Å². The fourth-order valence-electron chi connectivity index (χ4n) is 2.66. The van der Waals surface area contributed by atoms with E-state index >= 15 is 0 Å². The zero-order valence-corrected chi connectivity index (χ0v) is 14.3. The van der Waals surface area contributed by atoms with Gasteiger partial charge in [-0.05, 0) is 25.5 Å². The van der Waals surface area contributed by atoms with Gasteiger partial charge in [0.15, 0.2) is 0 Å². The van der Waals surface area contributed by atoms with Crippen molar-refractivity contribution in [2.24, 2.45) is 0 Å². The quantitative estimate of drug-likeness (QED) is 0.679. The molecular weight excluding hydrogens is 304 g/mol. The van der Waals surface area contributed by atoms with Gasteiger partial charge in [0, 0.05) is 45.0 Å². The highest BCUT2D eigenvalue weighted by Crippen LogP contribution is 2.16. The smallest absolute Gasteiger partial charge is 0.266 e. The molecule has 0 spiro atoms. The molecule has 0 saturated carbocycles. The van der Waals surface area contributed by atoms with Gasteiger partial charge in [-0.1, -0.05) is 17.7 Å². The summed E-state index contributed by atoms with van der Waals surface area (Å²) in [5.74, 6) is -0.298. The molecule has 1 saturated heterocycles. The van der Waals surface area contributed by atoms with E-state index in [-0.39, 0.29) is 17.4 Å². The third-order valence-electron chi connectivity index (χ3n) is 4.12. The van der Waals surface area contributed by atoms with Crippen molar-refractivity contribution >= 4 is 17.5 Å². The molecule has 0 unspecified atom stereocenters. The van der Waals surface area contributed by atoms with E-state index in [1.807, 2.05) is 38.1 Å². The van der Waals surface area contributed by atoms with E-state index in [1.54, 1.807) is 9.80 Å². The Morgan fingerprint density at radius 1 is 1.17 bits per heavy atom. The molecule has 1 heterocycles. The van der Waals surface area contributed by atoms with Crippen molar-refractivity contribution in [2.75, 3.05) is 31.5 Å². The minimum Gasteiger partial charge on any atom is -0.360 e. The molecule has 6 nitrogen and oxygen atoms in total. The zero-order valence-electron chi connectivity index (χ0n) is 14.3. The van der Waals surface area contributed by atoms with Gasteiger partial charge in [0.2, 0.25) is 5.91 Å². The monoisotopic (exact) mass is 326 g/mol. The summed E-state index contributed by atoms with van der Waals surface area (Å²) in [6.07, 6.45) is 1.46. The van der Waals surface area contributed by atoms with Gasteiger partial charge in [-0.25, -0.2) is 0 Å². The van der Waals surface area contributed by atoms with E-state index < -0.39 is 0 Å². The normalized spacial score (nSPS) is 15.0. The zero-order chi connectivity index (χ0) is 17.7. The second kappa shape index (κ2) is 7.64. The van der Waals surface area contributed by atoms with Gasteiger partial charge in [-0.3, -0.25) is 9.59 Å². The Labute approximate surface area is 142 Å². The number of aryl methyl sites for hydroxylation is 2. The van der Waals surface area contributed by atoms with E-state index in [2.05, 4.69) is 5.32 Å². The first-order valence-corrected chi connectivity index (χ1v) is 7.91. The van der Waals surface area contributed by atoms with Crippen molar-refractivity contribution < 1.29 is 9.59 Å². The largest absolute Gasteiger partial charge is 0.360 e. The number of rotatable bonds is 3. The van der Waals surface area contributed by atoms with Gasteiger partial charge in [0.05, 0.1) is 0 Å². The summed E-state index contributed by atoms with van der Waals surface area (Å²) in [6, 6.07) is 7.89. The molecule has 1 aromatic carbocycles. The lowest BCUT2D eigenvalue weighted by Crippen LogP contribution is -2.50. The molecule has 1 aliphatic heterocycles. The number of hydrogen-bond acceptors (Lipinski definition) is 4. The Morgan fingerprint density at radius 3 is 2.33 bits per heavy atom. The number of piperazine rings is 1. The van der Waals surface area contributed by atoms with E-state index in [0.29, 0.717) is 26.2 Å². The SMILES string of the molecule is CC(=O)N1CCN(C(=O)/C(C#N)=C\Nc2ccc(C)cc2C)CC1. The van der Waals surface area contributed by atoms with E-state index in [0.717, 1.165) is 16.8 Å². The molecule has 0 atom stereocenters. The highest BCUT2D eigenvalue weighted by Gasteiger charge is 2.24. The molecular formula is C18H22N4O2. The molecule has 1 aromatic rings. The fraction of sp³-hybridized carbons (Fsp3) is 0.389. The summed E-state index contributed by atoms with van der Waals surface area (Å²) in [5, 5.41) is 12.3. The average Bonchev–Trinajstić information content (AvgIpc) is 2.57. The number of carbonyl (C=O) groups excluding carboxylic acids is 2. The minimum atomic E-state index is -0.307. The Bertz CT molecular complexity index is 710. The first-order valence-electron chi connectivity index (χ1n) is 7.91. The number of hydrogen-bond donors (Lipinski definition) is 1. The third kappa shape index (κ3) is 4.13. The van der Waals surface area contributed by atoms with Crippen molar-refractivity contribution in [3.63, 3.8) is 0 Å². The summed E-state index contributed by atoms with van der Waals surface area (Å²) in [6.45, 7) is 7.40. The maximum atomic E-state index is 12.5. The molecule has 1 fully saturated rings. The maximum Gasteiger partial charge on any atom is 0.266 e. The Kier molecular flexibility index (Phi) is 5.59. The number of benzene rings is 1. The van der Waals surface area contributed by atoms with Gasteiger partial charge < -0.3 is 15.1 Å². The Morgan fingerprint density at radius 2 is 1.79 bits per heavy atom. The lowest BCUT2D eigenvalue weighted by molar-refractivity contribution is -0.136. The highest BCUT2D eigenvalue weighted by atomic mass is 16.2. The first-order chi connectivity index (χ1) is 11.4. The molecule has 1 aliphatic rings. The molecule has 6 heteroatoms. The predicted molar refractivity (Wildman–Crippen MR) is 92.1 cm³/mol.